The van der Waals surface area contributed by atoms with Gasteiger partial charge in [0.05, 0.1) is 0 Å². The van der Waals surface area contributed by atoms with Crippen LogP contribution in [0.25, 0.3) is 0 Å². The zero-order chi connectivity index (χ0) is 19.9. The van der Waals surface area contributed by atoms with Crippen molar-refractivity contribution in [1.29, 1.82) is 0 Å². The van der Waals surface area contributed by atoms with E-state index in [0.717, 1.165) is 48.4 Å². The second-order valence-corrected chi connectivity index (χ2v) is 7.07. The standard InChI is InChI=1S/C21H26ClN5O/c1-23-20(28)17-6-3-5-16(13-17)15-25-21(24-2)27-11-9-26(10-12-27)19-8-4-7-18(22)14-19/h3-8,13-14H,9-12,15H2,1-2H3,(H,23,28)(H,24,25). The van der Waals surface area contributed by atoms with Crippen LogP contribution >= 0.6 is 11.6 Å². The number of amides is 1. The van der Waals surface area contributed by atoms with Gasteiger partial charge in [-0.05, 0) is 35.9 Å². The summed E-state index contributed by atoms with van der Waals surface area (Å²) in [5, 5.41) is 6.82. The maximum absolute atomic E-state index is 11.8. The van der Waals surface area contributed by atoms with Crippen molar-refractivity contribution >= 4 is 29.2 Å². The summed E-state index contributed by atoms with van der Waals surface area (Å²) in [7, 11) is 3.44. The Balaban J connectivity index is 1.56. The van der Waals surface area contributed by atoms with Gasteiger partial charge in [-0.15, -0.1) is 0 Å². The first-order valence-electron chi connectivity index (χ1n) is 9.38. The van der Waals surface area contributed by atoms with Crippen LogP contribution < -0.4 is 15.5 Å². The maximum atomic E-state index is 11.8. The van der Waals surface area contributed by atoms with E-state index in [1.54, 1.807) is 14.1 Å². The molecule has 1 saturated heterocycles. The topological polar surface area (TPSA) is 60.0 Å². The number of hydrogen-bond donors (Lipinski definition) is 2. The molecule has 0 spiro atoms. The first-order chi connectivity index (χ1) is 13.6. The third-order valence-corrected chi connectivity index (χ3v) is 5.07. The van der Waals surface area contributed by atoms with Crippen LogP contribution in [0.2, 0.25) is 5.02 Å². The van der Waals surface area contributed by atoms with E-state index < -0.39 is 0 Å². The predicted molar refractivity (Wildman–Crippen MR) is 115 cm³/mol. The van der Waals surface area contributed by atoms with Crippen LogP contribution in [0, 0.1) is 0 Å². The number of rotatable bonds is 4. The molecule has 0 radical (unpaired) electrons. The zero-order valence-electron chi connectivity index (χ0n) is 16.3. The van der Waals surface area contributed by atoms with Crippen molar-refractivity contribution in [1.82, 2.24) is 15.5 Å². The molecular formula is C21H26ClN5O. The van der Waals surface area contributed by atoms with E-state index in [0.29, 0.717) is 12.1 Å². The van der Waals surface area contributed by atoms with E-state index in [1.165, 1.54) is 0 Å². The Morgan fingerprint density at radius 2 is 1.86 bits per heavy atom. The number of hydrogen-bond acceptors (Lipinski definition) is 3. The third-order valence-electron chi connectivity index (χ3n) is 4.83. The molecule has 0 bridgehead atoms. The highest BCUT2D eigenvalue weighted by atomic mass is 35.5. The third kappa shape index (κ3) is 4.95. The Hall–Kier alpha value is -2.73. The summed E-state index contributed by atoms with van der Waals surface area (Å²) < 4.78 is 0. The number of carbonyl (C=O) groups is 1. The summed E-state index contributed by atoms with van der Waals surface area (Å²) >= 11 is 6.11. The van der Waals surface area contributed by atoms with Gasteiger partial charge in [0.2, 0.25) is 0 Å². The summed E-state index contributed by atoms with van der Waals surface area (Å²) in [5.41, 5.74) is 2.85. The van der Waals surface area contributed by atoms with Gasteiger partial charge >= 0.3 is 0 Å². The summed E-state index contributed by atoms with van der Waals surface area (Å²) in [4.78, 5) is 20.8. The van der Waals surface area contributed by atoms with E-state index in [1.807, 2.05) is 42.5 Å². The summed E-state index contributed by atoms with van der Waals surface area (Å²) in [6.07, 6.45) is 0. The molecule has 7 heteroatoms. The van der Waals surface area contributed by atoms with Crippen LogP contribution in [0.15, 0.2) is 53.5 Å². The first-order valence-corrected chi connectivity index (χ1v) is 9.75. The van der Waals surface area contributed by atoms with Gasteiger partial charge in [0.15, 0.2) is 5.96 Å². The normalized spacial score (nSPS) is 14.8. The van der Waals surface area contributed by atoms with Gasteiger partial charge in [-0.3, -0.25) is 9.79 Å². The fraction of sp³-hybridized carbons (Fsp3) is 0.333. The number of aliphatic imine (C=N–C) groups is 1. The Bertz CT molecular complexity index is 846. The summed E-state index contributed by atoms with van der Waals surface area (Å²) in [6.45, 7) is 4.20. The molecule has 148 valence electrons. The molecule has 2 aromatic carbocycles. The number of carbonyl (C=O) groups excluding carboxylic acids is 1. The van der Waals surface area contributed by atoms with Crippen LogP contribution in [0.1, 0.15) is 15.9 Å². The van der Waals surface area contributed by atoms with E-state index >= 15 is 0 Å². The molecule has 1 amide bonds. The van der Waals surface area contributed by atoms with Crippen molar-refractivity contribution in [3.8, 4) is 0 Å². The first kappa shape index (κ1) is 20.0. The molecule has 2 N–H and O–H groups in total. The predicted octanol–water partition coefficient (Wildman–Crippen LogP) is 2.60. The van der Waals surface area contributed by atoms with Gasteiger partial charge in [-0.1, -0.05) is 29.8 Å². The molecule has 1 aliphatic rings. The fourth-order valence-electron chi connectivity index (χ4n) is 3.33. The number of nitrogens with zero attached hydrogens (tertiary/aromatic N) is 3. The van der Waals surface area contributed by atoms with Gasteiger partial charge in [0.25, 0.3) is 5.91 Å². The number of piperazine rings is 1. The van der Waals surface area contributed by atoms with Gasteiger partial charge in [-0.25, -0.2) is 0 Å². The number of benzene rings is 2. The van der Waals surface area contributed by atoms with Gasteiger partial charge in [-0.2, -0.15) is 0 Å². The largest absolute Gasteiger partial charge is 0.368 e. The average Bonchev–Trinajstić information content (AvgIpc) is 2.74. The minimum atomic E-state index is -0.0802. The molecule has 0 atom stereocenters. The van der Waals surface area contributed by atoms with E-state index in [2.05, 4.69) is 31.5 Å². The molecule has 0 aromatic heterocycles. The fourth-order valence-corrected chi connectivity index (χ4v) is 3.51. The van der Waals surface area contributed by atoms with Crippen molar-refractivity contribution in [2.24, 2.45) is 4.99 Å². The number of anilines is 1. The van der Waals surface area contributed by atoms with E-state index in [4.69, 9.17) is 11.6 Å². The molecule has 6 nitrogen and oxygen atoms in total. The lowest BCUT2D eigenvalue weighted by Crippen LogP contribution is -2.52. The van der Waals surface area contributed by atoms with Crippen LogP contribution in [-0.4, -0.2) is 57.0 Å². The quantitative estimate of drug-likeness (QED) is 0.613. The highest BCUT2D eigenvalue weighted by molar-refractivity contribution is 6.30. The van der Waals surface area contributed by atoms with Crippen molar-refractivity contribution in [2.45, 2.75) is 6.54 Å². The zero-order valence-corrected chi connectivity index (χ0v) is 17.0. The van der Waals surface area contributed by atoms with E-state index in [-0.39, 0.29) is 5.91 Å². The average molecular weight is 400 g/mol. The molecule has 1 aliphatic heterocycles. The van der Waals surface area contributed by atoms with Gasteiger partial charge in [0.1, 0.15) is 0 Å². The smallest absolute Gasteiger partial charge is 0.251 e. The minimum Gasteiger partial charge on any atom is -0.368 e. The van der Waals surface area contributed by atoms with Gasteiger partial charge in [0, 0.05) is 63.1 Å². The number of nitrogens with one attached hydrogen (secondary N) is 2. The van der Waals surface area contributed by atoms with Gasteiger partial charge < -0.3 is 20.4 Å². The number of guanidine groups is 1. The Kier molecular flexibility index (Phi) is 6.76. The Morgan fingerprint density at radius 3 is 2.54 bits per heavy atom. The Labute approximate surface area is 171 Å². The molecule has 0 saturated carbocycles. The summed E-state index contributed by atoms with van der Waals surface area (Å²) in [6, 6.07) is 15.6. The monoisotopic (exact) mass is 399 g/mol. The lowest BCUT2D eigenvalue weighted by molar-refractivity contribution is 0.0963. The second kappa shape index (κ2) is 9.46. The number of halogens is 1. The highest BCUT2D eigenvalue weighted by Gasteiger charge is 2.20. The van der Waals surface area contributed by atoms with Crippen molar-refractivity contribution < 1.29 is 4.79 Å². The molecular weight excluding hydrogens is 374 g/mol. The molecule has 2 aromatic rings. The van der Waals surface area contributed by atoms with Crippen LogP contribution in [0.3, 0.4) is 0 Å². The van der Waals surface area contributed by atoms with Crippen LogP contribution in [0.5, 0.6) is 0 Å². The molecule has 1 heterocycles. The lowest BCUT2D eigenvalue weighted by atomic mass is 10.1. The lowest BCUT2D eigenvalue weighted by Gasteiger charge is -2.37. The highest BCUT2D eigenvalue weighted by Crippen LogP contribution is 2.20. The maximum Gasteiger partial charge on any atom is 0.251 e. The van der Waals surface area contributed by atoms with Crippen molar-refractivity contribution in [3.05, 3.63) is 64.7 Å². The SMILES string of the molecule is CN=C(NCc1cccc(C(=O)NC)c1)N1CCN(c2cccc(Cl)c2)CC1. The molecule has 3 rings (SSSR count). The molecule has 28 heavy (non-hydrogen) atoms. The van der Waals surface area contributed by atoms with Crippen molar-refractivity contribution in [2.75, 3.05) is 45.2 Å². The molecule has 1 fully saturated rings. The minimum absolute atomic E-state index is 0.0802. The summed E-state index contributed by atoms with van der Waals surface area (Å²) in [5.74, 6) is 0.791. The van der Waals surface area contributed by atoms with E-state index in [9.17, 15) is 4.79 Å². The second-order valence-electron chi connectivity index (χ2n) is 6.63. The van der Waals surface area contributed by atoms with Crippen LogP contribution in [0.4, 0.5) is 5.69 Å². The van der Waals surface area contributed by atoms with Crippen molar-refractivity contribution in [3.63, 3.8) is 0 Å². The molecule has 0 aliphatic carbocycles. The molecule has 0 unspecified atom stereocenters. The Morgan fingerprint density at radius 1 is 1.11 bits per heavy atom. The van der Waals surface area contributed by atoms with Crippen LogP contribution in [-0.2, 0) is 6.54 Å².